The number of amides is 3. The molecule has 1 saturated carbocycles. The molecule has 0 aromatic heterocycles. The van der Waals surface area contributed by atoms with E-state index in [1.54, 1.807) is 0 Å². The van der Waals surface area contributed by atoms with Crippen LogP contribution in [0.25, 0.3) is 0 Å². The van der Waals surface area contributed by atoms with Crippen molar-refractivity contribution in [2.24, 2.45) is 0 Å². The Kier molecular flexibility index (Phi) is 6.93. The van der Waals surface area contributed by atoms with E-state index in [-0.39, 0.29) is 11.9 Å². The number of nitrogens with zero attached hydrogens (tertiary/aromatic N) is 2. The molecule has 2 aliphatic heterocycles. The molecule has 6 nitrogen and oxygen atoms in total. The number of carbonyl (C=O) groups excluding carboxylic acids is 2. The monoisotopic (exact) mass is 412 g/mol. The molecule has 164 valence electrons. The van der Waals surface area contributed by atoms with Crippen molar-refractivity contribution >= 4 is 17.6 Å². The quantitative estimate of drug-likeness (QED) is 0.781. The second-order valence-electron chi connectivity index (χ2n) is 9.25. The number of rotatable bonds is 4. The molecule has 2 N–H and O–H groups in total. The summed E-state index contributed by atoms with van der Waals surface area (Å²) in [7, 11) is 0. The van der Waals surface area contributed by atoms with Gasteiger partial charge in [-0.1, -0.05) is 19.3 Å². The van der Waals surface area contributed by atoms with E-state index in [0.717, 1.165) is 43.6 Å². The van der Waals surface area contributed by atoms with Crippen LogP contribution in [-0.2, 0) is 0 Å². The summed E-state index contributed by atoms with van der Waals surface area (Å²) in [4.78, 5) is 30.0. The number of nitrogens with one attached hydrogen (secondary N) is 2. The van der Waals surface area contributed by atoms with Crippen LogP contribution in [0.2, 0.25) is 0 Å². The van der Waals surface area contributed by atoms with Crippen LogP contribution in [-0.4, -0.2) is 60.0 Å². The fraction of sp³-hybridized carbons (Fsp3) is 0.667. The minimum Gasteiger partial charge on any atom is -0.349 e. The Balaban J connectivity index is 1.33. The van der Waals surface area contributed by atoms with Gasteiger partial charge < -0.3 is 15.5 Å². The van der Waals surface area contributed by atoms with Crippen molar-refractivity contribution in [3.8, 4) is 0 Å². The summed E-state index contributed by atoms with van der Waals surface area (Å²) in [6, 6.07) is 6.35. The summed E-state index contributed by atoms with van der Waals surface area (Å²) in [6.45, 7) is 5.92. The first kappa shape index (κ1) is 21.2. The molecule has 1 aromatic rings. The molecule has 3 aliphatic rings. The highest BCUT2D eigenvalue weighted by molar-refractivity contribution is 5.96. The predicted octanol–water partition coefficient (Wildman–Crippen LogP) is 4.15. The lowest BCUT2D eigenvalue weighted by Crippen LogP contribution is -2.50. The lowest BCUT2D eigenvalue weighted by Gasteiger charge is -2.37. The van der Waals surface area contributed by atoms with Crippen LogP contribution in [0.1, 0.15) is 73.7 Å². The third kappa shape index (κ3) is 5.15. The van der Waals surface area contributed by atoms with Crippen molar-refractivity contribution in [2.45, 2.75) is 76.8 Å². The molecule has 1 aromatic carbocycles. The number of piperidine rings is 1. The summed E-state index contributed by atoms with van der Waals surface area (Å²) in [5.74, 6) is -0.00707. The highest BCUT2D eigenvalue weighted by Crippen LogP contribution is 2.23. The van der Waals surface area contributed by atoms with Crippen LogP contribution in [0.5, 0.6) is 0 Å². The van der Waals surface area contributed by atoms with Crippen molar-refractivity contribution in [2.75, 3.05) is 31.5 Å². The Morgan fingerprint density at radius 2 is 1.70 bits per heavy atom. The van der Waals surface area contributed by atoms with E-state index in [2.05, 4.69) is 15.5 Å². The summed E-state index contributed by atoms with van der Waals surface area (Å²) in [5.41, 5.74) is 2.38. The van der Waals surface area contributed by atoms with Crippen LogP contribution in [0, 0.1) is 6.92 Å². The summed E-state index contributed by atoms with van der Waals surface area (Å²) < 4.78 is 0. The van der Waals surface area contributed by atoms with Gasteiger partial charge in [0.15, 0.2) is 0 Å². The van der Waals surface area contributed by atoms with Crippen LogP contribution < -0.4 is 10.6 Å². The van der Waals surface area contributed by atoms with Gasteiger partial charge in [-0.25, -0.2) is 4.79 Å². The molecule has 0 radical (unpaired) electrons. The van der Waals surface area contributed by atoms with Crippen LogP contribution in [0.3, 0.4) is 0 Å². The maximum absolute atomic E-state index is 12.9. The zero-order chi connectivity index (χ0) is 20.9. The number of aryl methyl sites for hydroxylation is 1. The van der Waals surface area contributed by atoms with Gasteiger partial charge in [0, 0.05) is 36.4 Å². The van der Waals surface area contributed by atoms with E-state index in [0.29, 0.717) is 17.6 Å². The van der Waals surface area contributed by atoms with Gasteiger partial charge >= 0.3 is 6.03 Å². The number of hydrogen-bond donors (Lipinski definition) is 2. The Bertz CT molecular complexity index is 754. The first-order valence-electron chi connectivity index (χ1n) is 11.8. The normalized spacial score (nSPS) is 23.4. The molecule has 1 unspecified atom stereocenters. The molecule has 1 aliphatic carbocycles. The maximum atomic E-state index is 12.9. The topological polar surface area (TPSA) is 64.7 Å². The van der Waals surface area contributed by atoms with E-state index >= 15 is 0 Å². The van der Waals surface area contributed by atoms with Gasteiger partial charge in [0.05, 0.1) is 0 Å². The Hall–Kier alpha value is -2.08. The standard InChI is InChI=1S/C24H36N4O2/c1-18-16-19(23(29)25-20-8-3-2-4-9-20)11-12-22(18)26-24(30)28-15-7-10-21(17-28)27-13-5-6-14-27/h11-12,16,20-21H,2-10,13-15,17H2,1H3,(H,25,29)(H,26,30). The SMILES string of the molecule is Cc1cc(C(=O)NC2CCCCC2)ccc1NC(=O)N1CCCC(N2CCCC2)C1. The minimum atomic E-state index is -0.0265. The average molecular weight is 413 g/mol. The van der Waals surface area contributed by atoms with Crippen LogP contribution in [0.4, 0.5) is 10.5 Å². The Labute approximate surface area is 180 Å². The largest absolute Gasteiger partial charge is 0.349 e. The van der Waals surface area contributed by atoms with Crippen LogP contribution >= 0.6 is 0 Å². The van der Waals surface area contributed by atoms with Crippen molar-refractivity contribution in [1.29, 1.82) is 0 Å². The van der Waals surface area contributed by atoms with Crippen molar-refractivity contribution < 1.29 is 9.59 Å². The molecule has 2 saturated heterocycles. The molecule has 4 rings (SSSR count). The maximum Gasteiger partial charge on any atom is 0.321 e. The first-order chi connectivity index (χ1) is 14.6. The van der Waals surface area contributed by atoms with Gasteiger partial charge in [-0.15, -0.1) is 0 Å². The number of carbonyl (C=O) groups is 2. The number of anilines is 1. The van der Waals surface area contributed by atoms with Crippen molar-refractivity contribution in [3.63, 3.8) is 0 Å². The van der Waals surface area contributed by atoms with Gasteiger partial charge in [0.25, 0.3) is 5.91 Å². The molecular formula is C24H36N4O2. The average Bonchev–Trinajstić information content (AvgIpc) is 3.31. The van der Waals surface area contributed by atoms with Gasteiger partial charge in [-0.3, -0.25) is 9.69 Å². The molecule has 3 amide bonds. The number of hydrogen-bond acceptors (Lipinski definition) is 3. The third-order valence-corrected chi connectivity index (χ3v) is 7.01. The third-order valence-electron chi connectivity index (χ3n) is 7.01. The van der Waals surface area contributed by atoms with Crippen LogP contribution in [0.15, 0.2) is 18.2 Å². The zero-order valence-corrected chi connectivity index (χ0v) is 18.3. The van der Waals surface area contributed by atoms with Gasteiger partial charge in [0.1, 0.15) is 0 Å². The van der Waals surface area contributed by atoms with Crippen molar-refractivity contribution in [1.82, 2.24) is 15.1 Å². The smallest absolute Gasteiger partial charge is 0.321 e. The molecule has 0 spiro atoms. The highest BCUT2D eigenvalue weighted by Gasteiger charge is 2.29. The number of urea groups is 1. The molecule has 3 fully saturated rings. The lowest BCUT2D eigenvalue weighted by atomic mass is 9.95. The molecule has 2 heterocycles. The molecular weight excluding hydrogens is 376 g/mol. The van der Waals surface area contributed by atoms with Gasteiger partial charge in [-0.05, 0) is 82.3 Å². The Morgan fingerprint density at radius 1 is 0.933 bits per heavy atom. The fourth-order valence-electron chi connectivity index (χ4n) is 5.20. The molecule has 6 heteroatoms. The van der Waals surface area contributed by atoms with Crippen molar-refractivity contribution in [3.05, 3.63) is 29.3 Å². The predicted molar refractivity (Wildman–Crippen MR) is 120 cm³/mol. The first-order valence-corrected chi connectivity index (χ1v) is 11.8. The van der Waals surface area contributed by atoms with Gasteiger partial charge in [-0.2, -0.15) is 0 Å². The molecule has 30 heavy (non-hydrogen) atoms. The second-order valence-corrected chi connectivity index (χ2v) is 9.25. The lowest BCUT2D eigenvalue weighted by molar-refractivity contribution is 0.0927. The minimum absolute atomic E-state index is 0.00707. The highest BCUT2D eigenvalue weighted by atomic mass is 16.2. The molecule has 1 atom stereocenters. The van der Waals surface area contributed by atoms with E-state index in [1.165, 1.54) is 51.6 Å². The Morgan fingerprint density at radius 3 is 2.43 bits per heavy atom. The number of likely N-dealkylation sites (tertiary alicyclic amines) is 2. The summed E-state index contributed by atoms with van der Waals surface area (Å²) >= 11 is 0. The van der Waals surface area contributed by atoms with Gasteiger partial charge in [0.2, 0.25) is 0 Å². The van der Waals surface area contributed by atoms with E-state index in [4.69, 9.17) is 0 Å². The summed E-state index contributed by atoms with van der Waals surface area (Å²) in [6.07, 6.45) is 10.6. The second kappa shape index (κ2) is 9.82. The number of benzene rings is 1. The zero-order valence-electron chi connectivity index (χ0n) is 18.3. The van der Waals surface area contributed by atoms with E-state index in [9.17, 15) is 9.59 Å². The summed E-state index contributed by atoms with van der Waals surface area (Å²) in [5, 5.41) is 6.24. The fourth-order valence-corrected chi connectivity index (χ4v) is 5.20. The van der Waals surface area contributed by atoms with E-state index < -0.39 is 0 Å². The molecule has 0 bridgehead atoms. The van der Waals surface area contributed by atoms with E-state index in [1.807, 2.05) is 30.0 Å².